The average Bonchev–Trinajstić information content (AvgIpc) is 3.44. The molecule has 0 saturated heterocycles. The fourth-order valence-electron chi connectivity index (χ4n) is 3.16. The fraction of sp³-hybridized carbons (Fsp3) is 0.435. The molecule has 0 radical (unpaired) electrons. The van der Waals surface area contributed by atoms with Gasteiger partial charge in [0.2, 0.25) is 11.0 Å². The molecule has 160 valence electrons. The number of carbonyl (C=O) groups excluding carboxylic acids is 1. The van der Waals surface area contributed by atoms with Gasteiger partial charge in [-0.25, -0.2) is 4.98 Å². The zero-order chi connectivity index (χ0) is 21.0. The van der Waals surface area contributed by atoms with Crippen molar-refractivity contribution >= 4 is 22.6 Å². The minimum absolute atomic E-state index is 0.0740. The first kappa shape index (κ1) is 22.0. The van der Waals surface area contributed by atoms with Crippen LogP contribution < -0.4 is 10.2 Å². The van der Waals surface area contributed by atoms with Gasteiger partial charge in [-0.1, -0.05) is 56.5 Å². The Hall–Kier alpha value is -2.67. The number of nitrogens with one attached hydrogen (secondary N) is 1. The maximum Gasteiger partial charge on any atom is 0.221 e. The lowest BCUT2D eigenvalue weighted by Gasteiger charge is -2.20. The van der Waals surface area contributed by atoms with E-state index in [1.54, 1.807) is 6.26 Å². The first-order valence-corrected chi connectivity index (χ1v) is 11.4. The molecule has 1 aromatic carbocycles. The second-order valence-electron chi connectivity index (χ2n) is 7.32. The molecule has 3 rings (SSSR count). The summed E-state index contributed by atoms with van der Waals surface area (Å²) < 4.78 is 10.0. The van der Waals surface area contributed by atoms with Crippen molar-refractivity contribution in [1.82, 2.24) is 14.7 Å². The van der Waals surface area contributed by atoms with Crippen LogP contribution in [0.2, 0.25) is 0 Å². The maximum atomic E-state index is 12.3. The van der Waals surface area contributed by atoms with Crippen molar-refractivity contribution in [3.05, 3.63) is 65.9 Å². The van der Waals surface area contributed by atoms with E-state index in [2.05, 4.69) is 33.6 Å². The van der Waals surface area contributed by atoms with Crippen LogP contribution in [0.1, 0.15) is 56.2 Å². The summed E-state index contributed by atoms with van der Waals surface area (Å²) in [5.41, 5.74) is 1.18. The van der Waals surface area contributed by atoms with Crippen molar-refractivity contribution in [2.75, 3.05) is 18.0 Å². The molecule has 1 N–H and O–H groups in total. The normalized spacial score (nSPS) is 10.8. The SMILES string of the molecule is CCCCCCNC(=O)CCN(Cc1ccco1)c1nc(Cc2ccccc2)ns1. The number of benzene rings is 1. The van der Waals surface area contributed by atoms with Crippen LogP contribution in [-0.4, -0.2) is 28.4 Å². The summed E-state index contributed by atoms with van der Waals surface area (Å²) in [5.74, 6) is 1.71. The van der Waals surface area contributed by atoms with Gasteiger partial charge in [0.25, 0.3) is 0 Å². The molecule has 0 fully saturated rings. The van der Waals surface area contributed by atoms with Crippen LogP contribution in [0.5, 0.6) is 0 Å². The van der Waals surface area contributed by atoms with Crippen LogP contribution in [0.25, 0.3) is 0 Å². The lowest BCUT2D eigenvalue weighted by molar-refractivity contribution is -0.120. The number of anilines is 1. The highest BCUT2D eigenvalue weighted by Gasteiger charge is 2.16. The van der Waals surface area contributed by atoms with E-state index in [1.807, 2.05) is 30.3 Å². The second-order valence-corrected chi connectivity index (χ2v) is 8.05. The van der Waals surface area contributed by atoms with Crippen molar-refractivity contribution in [1.29, 1.82) is 0 Å². The molecule has 0 spiro atoms. The third-order valence-electron chi connectivity index (χ3n) is 4.82. The summed E-state index contributed by atoms with van der Waals surface area (Å²) in [4.78, 5) is 19.1. The Morgan fingerprint density at radius 1 is 1.13 bits per heavy atom. The Bertz CT molecular complexity index is 864. The van der Waals surface area contributed by atoms with E-state index in [0.29, 0.717) is 25.9 Å². The molecule has 0 aliphatic carbocycles. The zero-order valence-electron chi connectivity index (χ0n) is 17.5. The number of rotatable bonds is 13. The van der Waals surface area contributed by atoms with Gasteiger partial charge >= 0.3 is 0 Å². The molecular weight excluding hydrogens is 396 g/mol. The third kappa shape index (κ3) is 7.30. The molecule has 6 nitrogen and oxygen atoms in total. The highest BCUT2D eigenvalue weighted by molar-refractivity contribution is 7.09. The maximum absolute atomic E-state index is 12.3. The lowest BCUT2D eigenvalue weighted by atomic mass is 10.1. The molecule has 0 aliphatic rings. The molecule has 0 atom stereocenters. The summed E-state index contributed by atoms with van der Waals surface area (Å²) in [6.45, 7) is 4.07. The summed E-state index contributed by atoms with van der Waals surface area (Å²) >= 11 is 1.37. The van der Waals surface area contributed by atoms with Crippen LogP contribution in [0.3, 0.4) is 0 Å². The quantitative estimate of drug-likeness (QED) is 0.397. The van der Waals surface area contributed by atoms with E-state index >= 15 is 0 Å². The van der Waals surface area contributed by atoms with E-state index < -0.39 is 0 Å². The number of furan rings is 1. The monoisotopic (exact) mass is 426 g/mol. The number of amides is 1. The second kappa shape index (κ2) is 12.1. The Balaban J connectivity index is 1.56. The van der Waals surface area contributed by atoms with E-state index in [4.69, 9.17) is 9.40 Å². The van der Waals surface area contributed by atoms with Crippen LogP contribution in [0.15, 0.2) is 53.1 Å². The highest BCUT2D eigenvalue weighted by Crippen LogP contribution is 2.21. The van der Waals surface area contributed by atoms with E-state index in [-0.39, 0.29) is 5.91 Å². The molecule has 2 aromatic heterocycles. The van der Waals surface area contributed by atoms with Crippen molar-refractivity contribution in [2.24, 2.45) is 0 Å². The Kier molecular flexibility index (Phi) is 8.90. The van der Waals surface area contributed by atoms with Gasteiger partial charge in [-0.15, -0.1) is 0 Å². The summed E-state index contributed by atoms with van der Waals surface area (Å²) in [6.07, 6.45) is 7.40. The molecule has 2 heterocycles. The summed E-state index contributed by atoms with van der Waals surface area (Å²) in [7, 11) is 0. The Labute approximate surface area is 182 Å². The van der Waals surface area contributed by atoms with E-state index in [0.717, 1.165) is 36.1 Å². The largest absolute Gasteiger partial charge is 0.467 e. The minimum atomic E-state index is 0.0740. The van der Waals surface area contributed by atoms with Gasteiger partial charge in [0.05, 0.1) is 12.8 Å². The number of hydrogen-bond acceptors (Lipinski definition) is 6. The molecule has 3 aromatic rings. The van der Waals surface area contributed by atoms with Crippen molar-refractivity contribution in [2.45, 2.75) is 52.0 Å². The number of nitrogens with zero attached hydrogens (tertiary/aromatic N) is 3. The molecule has 30 heavy (non-hydrogen) atoms. The van der Waals surface area contributed by atoms with Crippen LogP contribution in [-0.2, 0) is 17.8 Å². The van der Waals surface area contributed by atoms with Crippen LogP contribution in [0, 0.1) is 0 Å². The first-order valence-electron chi connectivity index (χ1n) is 10.6. The minimum Gasteiger partial charge on any atom is -0.467 e. The predicted molar refractivity (Wildman–Crippen MR) is 121 cm³/mol. The van der Waals surface area contributed by atoms with Gasteiger partial charge < -0.3 is 14.6 Å². The molecular formula is C23H30N4O2S. The molecule has 1 amide bonds. The van der Waals surface area contributed by atoms with Gasteiger partial charge in [0, 0.05) is 37.5 Å². The molecule has 0 unspecified atom stereocenters. The van der Waals surface area contributed by atoms with Crippen LogP contribution >= 0.6 is 11.5 Å². The Morgan fingerprint density at radius 2 is 2.00 bits per heavy atom. The van der Waals surface area contributed by atoms with Gasteiger partial charge in [-0.05, 0) is 24.1 Å². The van der Waals surface area contributed by atoms with Gasteiger partial charge in [-0.3, -0.25) is 4.79 Å². The van der Waals surface area contributed by atoms with Crippen LogP contribution in [0.4, 0.5) is 5.13 Å². The Morgan fingerprint density at radius 3 is 2.77 bits per heavy atom. The highest BCUT2D eigenvalue weighted by atomic mass is 32.1. The average molecular weight is 427 g/mol. The van der Waals surface area contributed by atoms with Gasteiger partial charge in [-0.2, -0.15) is 4.37 Å². The number of aromatic nitrogens is 2. The third-order valence-corrected chi connectivity index (χ3v) is 5.64. The smallest absolute Gasteiger partial charge is 0.221 e. The summed E-state index contributed by atoms with van der Waals surface area (Å²) in [6, 6.07) is 14.0. The van der Waals surface area contributed by atoms with E-state index in [9.17, 15) is 4.79 Å². The fourth-order valence-corrected chi connectivity index (χ4v) is 3.87. The van der Waals surface area contributed by atoms with Crippen molar-refractivity contribution in [3.63, 3.8) is 0 Å². The standard InChI is InChI=1S/C23H30N4O2S/c1-2-3-4-8-14-24-22(28)13-15-27(18-20-12-9-16-29-20)23-25-21(26-30-23)17-19-10-6-5-7-11-19/h5-7,9-12,16H,2-4,8,13-15,17-18H2,1H3,(H,24,28). The van der Waals surface area contributed by atoms with Crippen molar-refractivity contribution < 1.29 is 9.21 Å². The topological polar surface area (TPSA) is 71.3 Å². The molecule has 0 saturated carbocycles. The first-order chi connectivity index (χ1) is 14.7. The predicted octanol–water partition coefficient (Wildman–Crippen LogP) is 4.82. The number of carbonyl (C=O) groups is 1. The molecule has 0 bridgehead atoms. The van der Waals surface area contributed by atoms with Gasteiger partial charge in [0.1, 0.15) is 11.6 Å². The zero-order valence-corrected chi connectivity index (χ0v) is 18.4. The van der Waals surface area contributed by atoms with Gasteiger partial charge in [0.15, 0.2) is 0 Å². The summed E-state index contributed by atoms with van der Waals surface area (Å²) in [5, 5.41) is 3.84. The number of unbranched alkanes of at least 4 members (excludes halogenated alkanes) is 3. The van der Waals surface area contributed by atoms with E-state index in [1.165, 1.54) is 29.9 Å². The lowest BCUT2D eigenvalue weighted by Crippen LogP contribution is -2.31. The molecule has 0 aliphatic heterocycles. The number of hydrogen-bond donors (Lipinski definition) is 1. The molecule has 7 heteroatoms. The van der Waals surface area contributed by atoms with Crippen molar-refractivity contribution in [3.8, 4) is 0 Å².